The average molecular weight is 336 g/mol. The van der Waals surface area contributed by atoms with Crippen molar-refractivity contribution in [2.75, 3.05) is 25.5 Å². The van der Waals surface area contributed by atoms with Crippen LogP contribution in [0, 0.1) is 23.7 Å². The molecule has 25 heavy (non-hydrogen) atoms. The zero-order valence-electron chi connectivity index (χ0n) is 14.7. The van der Waals surface area contributed by atoms with Crippen molar-refractivity contribution in [1.82, 2.24) is 4.90 Å². The normalized spacial score (nSPS) is 48.0. The van der Waals surface area contributed by atoms with E-state index in [1.165, 1.54) is 11.3 Å². The molecule has 3 heterocycles. The number of carbonyl (C=O) groups is 1. The fourth-order valence-electron chi connectivity index (χ4n) is 7.74. The molecule has 1 saturated heterocycles. The molecule has 0 radical (unpaired) electrons. The van der Waals surface area contributed by atoms with Gasteiger partial charge in [-0.05, 0) is 42.3 Å². The van der Waals surface area contributed by atoms with Gasteiger partial charge in [-0.2, -0.15) is 0 Å². The van der Waals surface area contributed by atoms with Crippen LogP contribution < -0.4 is 5.32 Å². The Morgan fingerprint density at radius 3 is 3.04 bits per heavy atom. The van der Waals surface area contributed by atoms with E-state index in [9.17, 15) is 4.79 Å². The van der Waals surface area contributed by atoms with E-state index in [2.05, 4.69) is 53.6 Å². The van der Waals surface area contributed by atoms with E-state index < -0.39 is 0 Å². The van der Waals surface area contributed by atoms with Crippen LogP contribution in [0.4, 0.5) is 5.69 Å². The minimum Gasteiger partial charge on any atom is -0.469 e. The molecule has 4 nitrogen and oxygen atoms in total. The summed E-state index contributed by atoms with van der Waals surface area (Å²) in [4.78, 5) is 15.6. The molecule has 7 rings (SSSR count). The molecule has 3 aliphatic heterocycles. The van der Waals surface area contributed by atoms with Crippen molar-refractivity contribution in [3.05, 3.63) is 42.0 Å². The average Bonchev–Trinajstić information content (AvgIpc) is 3.20. The lowest BCUT2D eigenvalue weighted by atomic mass is 9.33. The van der Waals surface area contributed by atoms with Crippen LogP contribution >= 0.6 is 0 Å². The van der Waals surface area contributed by atoms with E-state index in [1.807, 2.05) is 0 Å². The molecule has 4 fully saturated rings. The van der Waals surface area contributed by atoms with E-state index in [1.54, 1.807) is 7.11 Å². The molecule has 3 aliphatic carbocycles. The predicted molar refractivity (Wildman–Crippen MR) is 95.2 cm³/mol. The Bertz CT molecular complexity index is 820. The number of ether oxygens (including phenoxy) is 1. The van der Waals surface area contributed by atoms with E-state index in [4.69, 9.17) is 4.74 Å². The Balaban J connectivity index is 1.66. The number of hydrogen-bond acceptors (Lipinski definition) is 4. The lowest BCUT2D eigenvalue weighted by Crippen LogP contribution is -2.84. The molecule has 0 amide bonds. The molecular formula is C21H24N2O2. The highest BCUT2D eigenvalue weighted by atomic mass is 16.5. The molecule has 1 aromatic rings. The van der Waals surface area contributed by atoms with Gasteiger partial charge in [0.05, 0.1) is 18.6 Å². The first kappa shape index (κ1) is 14.4. The van der Waals surface area contributed by atoms with E-state index in [-0.39, 0.29) is 22.8 Å². The monoisotopic (exact) mass is 336 g/mol. The van der Waals surface area contributed by atoms with Crippen LogP contribution in [-0.2, 0) is 14.9 Å². The fraction of sp³-hybridized carbons (Fsp3) is 0.571. The summed E-state index contributed by atoms with van der Waals surface area (Å²) in [5.74, 6) is 1.21. The maximum absolute atomic E-state index is 12.9. The number of anilines is 1. The van der Waals surface area contributed by atoms with Gasteiger partial charge in [0.15, 0.2) is 0 Å². The van der Waals surface area contributed by atoms with Crippen molar-refractivity contribution in [3.8, 4) is 0 Å². The van der Waals surface area contributed by atoms with Crippen molar-refractivity contribution < 1.29 is 9.53 Å². The Kier molecular flexibility index (Phi) is 2.47. The summed E-state index contributed by atoms with van der Waals surface area (Å²) in [6.45, 7) is 4.52. The van der Waals surface area contributed by atoms with Crippen molar-refractivity contribution in [3.63, 3.8) is 0 Å². The lowest BCUT2D eigenvalue weighted by Gasteiger charge is -2.73. The van der Waals surface area contributed by atoms with E-state index in [0.717, 1.165) is 19.5 Å². The van der Waals surface area contributed by atoms with Gasteiger partial charge in [-0.15, -0.1) is 0 Å². The van der Waals surface area contributed by atoms with Crippen LogP contribution in [0.1, 0.15) is 18.9 Å². The highest BCUT2D eigenvalue weighted by Crippen LogP contribution is 2.75. The highest BCUT2D eigenvalue weighted by Gasteiger charge is 2.83. The first-order valence-corrected chi connectivity index (χ1v) is 9.53. The summed E-state index contributed by atoms with van der Waals surface area (Å²) < 4.78 is 5.31. The van der Waals surface area contributed by atoms with Crippen molar-refractivity contribution in [1.29, 1.82) is 0 Å². The van der Waals surface area contributed by atoms with Crippen molar-refractivity contribution in [2.24, 2.45) is 23.7 Å². The van der Waals surface area contributed by atoms with Gasteiger partial charge in [0.2, 0.25) is 0 Å². The number of hydrogen-bond donors (Lipinski definition) is 1. The van der Waals surface area contributed by atoms with Crippen molar-refractivity contribution in [2.45, 2.75) is 30.3 Å². The molecule has 1 N–H and O–H groups in total. The van der Waals surface area contributed by atoms with E-state index >= 15 is 0 Å². The molecule has 2 bridgehead atoms. The fourth-order valence-corrected chi connectivity index (χ4v) is 7.74. The molecule has 4 heteroatoms. The van der Waals surface area contributed by atoms with Gasteiger partial charge >= 0.3 is 5.97 Å². The molecule has 7 unspecified atom stereocenters. The topological polar surface area (TPSA) is 41.6 Å². The van der Waals surface area contributed by atoms with Gasteiger partial charge in [0.25, 0.3) is 0 Å². The third-order valence-electron chi connectivity index (χ3n) is 8.31. The number of nitrogens with one attached hydrogen (secondary N) is 1. The second-order valence-electron chi connectivity index (χ2n) is 8.57. The molecule has 3 saturated carbocycles. The third-order valence-corrected chi connectivity index (χ3v) is 8.31. The second-order valence-corrected chi connectivity index (χ2v) is 8.57. The van der Waals surface area contributed by atoms with Crippen LogP contribution in [0.25, 0.3) is 0 Å². The number of benzene rings is 1. The molecule has 6 aliphatic rings. The smallest absolute Gasteiger partial charge is 0.311 e. The van der Waals surface area contributed by atoms with Crippen LogP contribution in [0.15, 0.2) is 36.4 Å². The van der Waals surface area contributed by atoms with Crippen LogP contribution in [-0.4, -0.2) is 42.6 Å². The first-order chi connectivity index (χ1) is 12.2. The van der Waals surface area contributed by atoms with Gasteiger partial charge < -0.3 is 10.1 Å². The number of rotatable bonds is 1. The minimum absolute atomic E-state index is 0.0199. The summed E-state index contributed by atoms with van der Waals surface area (Å²) >= 11 is 0. The second kappa shape index (κ2) is 4.29. The summed E-state index contributed by atoms with van der Waals surface area (Å²) in [7, 11) is 1.54. The van der Waals surface area contributed by atoms with Gasteiger partial charge in [0.1, 0.15) is 0 Å². The molecule has 1 aromatic carbocycles. The quantitative estimate of drug-likeness (QED) is 0.632. The molecule has 130 valence electrons. The number of carbonyl (C=O) groups excluding carboxylic acids is 1. The molecule has 0 aromatic heterocycles. The zero-order valence-corrected chi connectivity index (χ0v) is 14.7. The van der Waals surface area contributed by atoms with Crippen LogP contribution in [0.3, 0.4) is 0 Å². The SMILES string of the molecule is COC(=O)C1C2C3C=CCN4CCC5(c6ccccc6NC15C2C)C34. The van der Waals surface area contributed by atoms with Crippen molar-refractivity contribution >= 4 is 11.7 Å². The number of fused-ring (bicyclic) bond motifs is 1. The first-order valence-electron chi connectivity index (χ1n) is 9.53. The molecular weight excluding hydrogens is 312 g/mol. The molecule has 2 spiro atoms. The summed E-state index contributed by atoms with van der Waals surface area (Å²) in [5.41, 5.74) is 2.50. The summed E-state index contributed by atoms with van der Waals surface area (Å²) in [6.07, 6.45) is 5.86. The maximum Gasteiger partial charge on any atom is 0.311 e. The third kappa shape index (κ3) is 1.25. The van der Waals surface area contributed by atoms with E-state index in [0.29, 0.717) is 23.8 Å². The maximum atomic E-state index is 12.9. The molecule has 7 atom stereocenters. The Morgan fingerprint density at radius 2 is 2.20 bits per heavy atom. The number of nitrogens with zero attached hydrogens (tertiary/aromatic N) is 1. The Hall–Kier alpha value is -1.81. The zero-order chi connectivity index (χ0) is 17.0. The summed E-state index contributed by atoms with van der Waals surface area (Å²) in [6, 6.07) is 9.27. The van der Waals surface area contributed by atoms with Crippen LogP contribution in [0.2, 0.25) is 0 Å². The predicted octanol–water partition coefficient (Wildman–Crippen LogP) is 2.42. The summed E-state index contributed by atoms with van der Waals surface area (Å²) in [5, 5.41) is 3.89. The largest absolute Gasteiger partial charge is 0.469 e. The van der Waals surface area contributed by atoms with Gasteiger partial charge in [-0.1, -0.05) is 37.3 Å². The van der Waals surface area contributed by atoms with Crippen LogP contribution in [0.5, 0.6) is 0 Å². The van der Waals surface area contributed by atoms with Gasteiger partial charge in [-0.25, -0.2) is 0 Å². The Morgan fingerprint density at radius 1 is 1.36 bits per heavy atom. The number of para-hydroxylation sites is 1. The minimum atomic E-state index is -0.185. The standard InChI is InChI=1S/C21H24N2O2/c1-12-16-13-6-5-10-23-11-9-20(18(13)23)14-7-3-4-8-15(14)22-21(12,20)17(16)19(24)25-2/h3-8,12-13,16-18,22H,9-11H2,1-2H3. The number of methoxy groups -OCH3 is 1. The Labute approximate surface area is 148 Å². The lowest BCUT2D eigenvalue weighted by molar-refractivity contribution is -0.196. The number of esters is 1. The van der Waals surface area contributed by atoms with Gasteiger partial charge in [0, 0.05) is 23.7 Å². The van der Waals surface area contributed by atoms with Gasteiger partial charge in [-0.3, -0.25) is 9.69 Å². The highest BCUT2D eigenvalue weighted by molar-refractivity contribution is 5.83.